The van der Waals surface area contributed by atoms with Gasteiger partial charge in [0.25, 0.3) is 0 Å². The highest BCUT2D eigenvalue weighted by Crippen LogP contribution is 2.28. The Balaban J connectivity index is 1.58. The monoisotopic (exact) mass is 376 g/mol. The van der Waals surface area contributed by atoms with E-state index in [0.29, 0.717) is 5.92 Å². The highest BCUT2D eigenvalue weighted by Gasteiger charge is 2.20. The molecule has 3 heteroatoms. The minimum absolute atomic E-state index is 0.551. The van der Waals surface area contributed by atoms with Crippen LogP contribution in [0.2, 0.25) is 0 Å². The van der Waals surface area contributed by atoms with Gasteiger partial charge < -0.3 is 14.6 Å². The Bertz CT molecular complexity index is 870. The number of rotatable bonds is 9. The SMILES string of the molecule is COCCCn1cc(CC2C=C/C=C\C=C/C2)c2ccc(CNC3CC3)cc21. The molecule has 1 aromatic carbocycles. The number of fused-ring (bicyclic) bond motifs is 1. The average molecular weight is 377 g/mol. The molecule has 2 aliphatic carbocycles. The van der Waals surface area contributed by atoms with Crippen molar-refractivity contribution in [2.75, 3.05) is 13.7 Å². The first-order chi connectivity index (χ1) is 13.8. The van der Waals surface area contributed by atoms with Gasteiger partial charge in [-0.3, -0.25) is 0 Å². The molecule has 1 saturated carbocycles. The molecule has 4 rings (SSSR count). The molecule has 1 aromatic heterocycles. The van der Waals surface area contributed by atoms with Crippen molar-refractivity contribution in [3.05, 3.63) is 72.0 Å². The second-order valence-electron chi connectivity index (χ2n) is 8.10. The normalized spacial score (nSPS) is 21.5. The fraction of sp³-hybridized carbons (Fsp3) is 0.440. The van der Waals surface area contributed by atoms with Gasteiger partial charge in [0, 0.05) is 49.9 Å². The van der Waals surface area contributed by atoms with E-state index in [-0.39, 0.29) is 0 Å². The number of aromatic nitrogens is 1. The van der Waals surface area contributed by atoms with Crippen molar-refractivity contribution >= 4 is 10.9 Å². The van der Waals surface area contributed by atoms with Gasteiger partial charge in [-0.25, -0.2) is 0 Å². The third kappa shape index (κ3) is 5.03. The van der Waals surface area contributed by atoms with Gasteiger partial charge in [0.1, 0.15) is 0 Å². The molecule has 1 atom stereocenters. The minimum atomic E-state index is 0.551. The molecule has 0 radical (unpaired) electrons. The Labute approximate surface area is 168 Å². The zero-order chi connectivity index (χ0) is 19.2. The molecule has 0 spiro atoms. The predicted octanol–water partition coefficient (Wildman–Crippen LogP) is 5.16. The van der Waals surface area contributed by atoms with Crippen molar-refractivity contribution in [1.29, 1.82) is 0 Å². The molecule has 1 fully saturated rings. The van der Waals surface area contributed by atoms with Crippen molar-refractivity contribution in [1.82, 2.24) is 9.88 Å². The van der Waals surface area contributed by atoms with Gasteiger partial charge in [-0.05, 0) is 55.2 Å². The molecule has 148 valence electrons. The summed E-state index contributed by atoms with van der Waals surface area (Å²) in [5, 5.41) is 5.05. The van der Waals surface area contributed by atoms with Gasteiger partial charge in [-0.15, -0.1) is 0 Å². The fourth-order valence-electron chi connectivity index (χ4n) is 3.99. The lowest BCUT2D eigenvalue weighted by molar-refractivity contribution is 0.190. The van der Waals surface area contributed by atoms with Crippen LogP contribution < -0.4 is 5.32 Å². The van der Waals surface area contributed by atoms with Crippen LogP contribution in [0.15, 0.2) is 60.9 Å². The summed E-state index contributed by atoms with van der Waals surface area (Å²) in [4.78, 5) is 0. The molecule has 2 aromatic rings. The molecule has 0 amide bonds. The zero-order valence-corrected chi connectivity index (χ0v) is 16.9. The number of nitrogens with zero attached hydrogens (tertiary/aromatic N) is 1. The maximum absolute atomic E-state index is 5.28. The largest absolute Gasteiger partial charge is 0.385 e. The third-order valence-corrected chi connectivity index (χ3v) is 5.72. The summed E-state index contributed by atoms with van der Waals surface area (Å²) in [5.74, 6) is 0.551. The highest BCUT2D eigenvalue weighted by molar-refractivity contribution is 5.84. The van der Waals surface area contributed by atoms with E-state index in [4.69, 9.17) is 4.74 Å². The Morgan fingerprint density at radius 1 is 1.14 bits per heavy atom. The summed E-state index contributed by atoms with van der Waals surface area (Å²) in [6.45, 7) is 2.79. The van der Waals surface area contributed by atoms with Crippen molar-refractivity contribution in [3.63, 3.8) is 0 Å². The van der Waals surface area contributed by atoms with Crippen LogP contribution in [0.1, 0.15) is 36.8 Å². The quantitative estimate of drug-likeness (QED) is 0.612. The smallest absolute Gasteiger partial charge is 0.0486 e. The van der Waals surface area contributed by atoms with Crippen molar-refractivity contribution in [3.8, 4) is 0 Å². The molecule has 0 aliphatic heterocycles. The summed E-state index contributed by atoms with van der Waals surface area (Å²) in [7, 11) is 1.78. The topological polar surface area (TPSA) is 26.2 Å². The van der Waals surface area contributed by atoms with E-state index in [0.717, 1.165) is 45.0 Å². The van der Waals surface area contributed by atoms with Crippen molar-refractivity contribution in [2.45, 2.75) is 51.2 Å². The lowest BCUT2D eigenvalue weighted by Gasteiger charge is -2.10. The molecule has 1 unspecified atom stereocenters. The number of allylic oxidation sites excluding steroid dienone is 6. The van der Waals surface area contributed by atoms with Crippen LogP contribution in [-0.4, -0.2) is 24.3 Å². The zero-order valence-electron chi connectivity index (χ0n) is 16.9. The number of methoxy groups -OCH3 is 1. The Hall–Kier alpha value is -2.10. The minimum Gasteiger partial charge on any atom is -0.385 e. The standard InChI is InChI=1S/C25H32N2O/c1-28-15-7-14-27-19-22(16-20-8-5-3-2-4-6-9-20)24-13-10-21(17-25(24)27)18-26-23-11-12-23/h2-6,8,10,13,17,19-20,23,26H,7,9,11-12,14-16,18H2,1H3/b3-2-,6-4-,8-5?. The van der Waals surface area contributed by atoms with Gasteiger partial charge in [0.15, 0.2) is 0 Å². The second kappa shape index (κ2) is 9.40. The number of aryl methyl sites for hydroxylation is 1. The molecule has 2 aliphatic rings. The lowest BCUT2D eigenvalue weighted by Crippen LogP contribution is -2.15. The van der Waals surface area contributed by atoms with E-state index in [1.165, 1.54) is 34.9 Å². The summed E-state index contributed by atoms with van der Waals surface area (Å²) < 4.78 is 7.72. The van der Waals surface area contributed by atoms with Gasteiger partial charge in [-0.1, -0.05) is 48.6 Å². The van der Waals surface area contributed by atoms with Crippen molar-refractivity contribution in [2.24, 2.45) is 5.92 Å². The van der Waals surface area contributed by atoms with Crippen LogP contribution in [0, 0.1) is 5.92 Å². The number of hydrogen-bond donors (Lipinski definition) is 1. The van der Waals surface area contributed by atoms with Gasteiger partial charge in [-0.2, -0.15) is 0 Å². The number of ether oxygens (including phenoxy) is 1. The van der Waals surface area contributed by atoms with Crippen LogP contribution in [0.4, 0.5) is 0 Å². The fourth-order valence-corrected chi connectivity index (χ4v) is 3.99. The van der Waals surface area contributed by atoms with Crippen LogP contribution in [-0.2, 0) is 24.2 Å². The van der Waals surface area contributed by atoms with E-state index in [1.807, 2.05) is 0 Å². The number of hydrogen-bond acceptors (Lipinski definition) is 2. The van der Waals surface area contributed by atoms with E-state index in [9.17, 15) is 0 Å². The predicted molar refractivity (Wildman–Crippen MR) is 118 cm³/mol. The number of nitrogens with one attached hydrogen (secondary N) is 1. The molecule has 3 nitrogen and oxygen atoms in total. The highest BCUT2D eigenvalue weighted by atomic mass is 16.5. The van der Waals surface area contributed by atoms with E-state index < -0.39 is 0 Å². The van der Waals surface area contributed by atoms with Crippen molar-refractivity contribution < 1.29 is 4.74 Å². The van der Waals surface area contributed by atoms with E-state index >= 15 is 0 Å². The molecule has 1 heterocycles. The van der Waals surface area contributed by atoms with E-state index in [2.05, 4.69) is 70.7 Å². The van der Waals surface area contributed by atoms with Crippen LogP contribution >= 0.6 is 0 Å². The Morgan fingerprint density at radius 3 is 2.89 bits per heavy atom. The molecular formula is C25H32N2O. The summed E-state index contributed by atoms with van der Waals surface area (Å²) in [6, 6.07) is 7.77. The lowest BCUT2D eigenvalue weighted by atomic mass is 9.94. The van der Waals surface area contributed by atoms with Gasteiger partial charge in [0.2, 0.25) is 0 Å². The summed E-state index contributed by atoms with van der Waals surface area (Å²) in [5.41, 5.74) is 4.21. The summed E-state index contributed by atoms with van der Waals surface area (Å²) in [6.07, 6.45) is 21.5. The third-order valence-electron chi connectivity index (χ3n) is 5.72. The maximum atomic E-state index is 5.28. The first-order valence-electron chi connectivity index (χ1n) is 10.7. The molecule has 28 heavy (non-hydrogen) atoms. The van der Waals surface area contributed by atoms with Gasteiger partial charge >= 0.3 is 0 Å². The Morgan fingerprint density at radius 2 is 2.04 bits per heavy atom. The number of benzene rings is 1. The molecule has 0 bridgehead atoms. The average Bonchev–Trinajstić information content (AvgIpc) is 3.45. The summed E-state index contributed by atoms with van der Waals surface area (Å²) >= 11 is 0. The first-order valence-corrected chi connectivity index (χ1v) is 10.7. The second-order valence-corrected chi connectivity index (χ2v) is 8.10. The molecule has 1 N–H and O–H groups in total. The van der Waals surface area contributed by atoms with Gasteiger partial charge in [0.05, 0.1) is 0 Å². The van der Waals surface area contributed by atoms with Crippen LogP contribution in [0.25, 0.3) is 10.9 Å². The Kier molecular flexibility index (Phi) is 6.45. The first kappa shape index (κ1) is 19.2. The molecule has 0 saturated heterocycles. The maximum Gasteiger partial charge on any atom is 0.0486 e. The van der Waals surface area contributed by atoms with Crippen LogP contribution in [0.3, 0.4) is 0 Å². The van der Waals surface area contributed by atoms with E-state index in [1.54, 1.807) is 7.11 Å². The van der Waals surface area contributed by atoms with Crippen LogP contribution in [0.5, 0.6) is 0 Å². The molecular weight excluding hydrogens is 344 g/mol.